The van der Waals surface area contributed by atoms with Crippen molar-refractivity contribution < 1.29 is 9.53 Å². The lowest BCUT2D eigenvalue weighted by Crippen LogP contribution is -2.38. The maximum Gasteiger partial charge on any atom is 0.251 e. The van der Waals surface area contributed by atoms with E-state index < -0.39 is 0 Å². The lowest BCUT2D eigenvalue weighted by molar-refractivity contribution is 0.0963. The van der Waals surface area contributed by atoms with Gasteiger partial charge in [0.05, 0.1) is 34.6 Å². The second kappa shape index (κ2) is 12.2. The first-order valence-corrected chi connectivity index (χ1v) is 13.6. The molecule has 0 unspecified atom stereocenters. The number of ether oxygens (including phenoxy) is 1. The quantitative estimate of drug-likeness (QED) is 0.369. The summed E-state index contributed by atoms with van der Waals surface area (Å²) in [5, 5.41) is 11.1. The van der Waals surface area contributed by atoms with Crippen molar-refractivity contribution in [3.63, 3.8) is 0 Å². The Morgan fingerprint density at radius 1 is 1.17 bits per heavy atom. The monoisotopic (exact) mass is 504 g/mol. The zero-order chi connectivity index (χ0) is 25.5. The summed E-state index contributed by atoms with van der Waals surface area (Å²) in [6, 6.07) is 12.5. The number of aryl methyl sites for hydroxylation is 1. The van der Waals surface area contributed by atoms with Crippen LogP contribution >= 0.6 is 11.3 Å². The number of piperidine rings is 1. The van der Waals surface area contributed by atoms with Gasteiger partial charge in [0, 0.05) is 31.7 Å². The molecular formula is C29H36N4O2S. The third kappa shape index (κ3) is 5.77. The predicted octanol–water partition coefficient (Wildman–Crippen LogP) is 5.19. The largest absolute Gasteiger partial charge is 0.495 e. The number of amides is 1. The molecule has 1 saturated heterocycles. The molecule has 4 rings (SSSR count). The zero-order valence-electron chi connectivity index (χ0n) is 21.7. The molecule has 0 atom stereocenters. The third-order valence-corrected chi connectivity index (χ3v) is 8.02. The van der Waals surface area contributed by atoms with E-state index in [2.05, 4.69) is 64.7 Å². The Labute approximate surface area is 218 Å². The molecule has 0 spiro atoms. The van der Waals surface area contributed by atoms with Crippen molar-refractivity contribution >= 4 is 38.7 Å². The fourth-order valence-corrected chi connectivity index (χ4v) is 5.98. The van der Waals surface area contributed by atoms with Crippen LogP contribution in [0.15, 0.2) is 36.4 Å². The van der Waals surface area contributed by atoms with Crippen LogP contribution in [0.4, 0.5) is 11.4 Å². The van der Waals surface area contributed by atoms with Gasteiger partial charge < -0.3 is 25.6 Å². The number of nitrogens with one attached hydrogen (secondary N) is 3. The van der Waals surface area contributed by atoms with E-state index in [0.29, 0.717) is 23.9 Å². The van der Waals surface area contributed by atoms with Crippen molar-refractivity contribution in [3.8, 4) is 17.6 Å². The minimum Gasteiger partial charge on any atom is -0.495 e. The van der Waals surface area contributed by atoms with Gasteiger partial charge in [-0.05, 0) is 61.0 Å². The molecule has 1 fully saturated rings. The van der Waals surface area contributed by atoms with Gasteiger partial charge in [-0.25, -0.2) is 0 Å². The van der Waals surface area contributed by atoms with Gasteiger partial charge in [0.15, 0.2) is 0 Å². The van der Waals surface area contributed by atoms with Gasteiger partial charge in [0.1, 0.15) is 5.75 Å². The molecule has 1 aromatic heterocycles. The highest BCUT2D eigenvalue weighted by molar-refractivity contribution is 7.20. The second-order valence-corrected chi connectivity index (χ2v) is 9.97. The molecule has 2 aromatic carbocycles. The highest BCUT2D eigenvalue weighted by Gasteiger charge is 2.19. The summed E-state index contributed by atoms with van der Waals surface area (Å²) in [6.07, 6.45) is 3.31. The summed E-state index contributed by atoms with van der Waals surface area (Å²) in [4.78, 5) is 15.5. The van der Waals surface area contributed by atoms with Crippen LogP contribution in [0.1, 0.15) is 47.5 Å². The maximum atomic E-state index is 11.9. The average molecular weight is 505 g/mol. The lowest BCUT2D eigenvalue weighted by Gasteiger charge is -2.32. The lowest BCUT2D eigenvalue weighted by atomic mass is 10.0. The van der Waals surface area contributed by atoms with Crippen LogP contribution < -0.4 is 20.7 Å². The Bertz CT molecular complexity index is 1270. The summed E-state index contributed by atoms with van der Waals surface area (Å²) in [5.74, 6) is 7.18. The summed E-state index contributed by atoms with van der Waals surface area (Å²) in [6.45, 7) is 8.39. The van der Waals surface area contributed by atoms with Crippen LogP contribution in [0.5, 0.6) is 5.75 Å². The first-order valence-electron chi connectivity index (χ1n) is 12.7. The third-order valence-electron chi connectivity index (χ3n) is 6.83. The molecular weight excluding hydrogens is 468 g/mol. The van der Waals surface area contributed by atoms with Crippen LogP contribution in [-0.2, 0) is 6.42 Å². The first kappa shape index (κ1) is 25.9. The number of anilines is 2. The summed E-state index contributed by atoms with van der Waals surface area (Å²) >= 11 is 1.79. The molecule has 7 heteroatoms. The normalized spacial score (nSPS) is 14.2. The van der Waals surface area contributed by atoms with Crippen LogP contribution in [0, 0.1) is 11.8 Å². The molecule has 1 amide bonds. The summed E-state index contributed by atoms with van der Waals surface area (Å²) in [5.41, 5.74) is 3.92. The number of nitrogens with zero attached hydrogens (tertiary/aromatic N) is 1. The Kier molecular flexibility index (Phi) is 8.74. The molecule has 190 valence electrons. The molecule has 6 nitrogen and oxygen atoms in total. The Morgan fingerprint density at radius 2 is 1.97 bits per heavy atom. The molecule has 0 bridgehead atoms. The first-order chi connectivity index (χ1) is 17.6. The number of hydrogen-bond acceptors (Lipinski definition) is 6. The smallest absolute Gasteiger partial charge is 0.251 e. The van der Waals surface area contributed by atoms with Crippen LogP contribution in [0.2, 0.25) is 0 Å². The van der Waals surface area contributed by atoms with Crippen molar-refractivity contribution in [1.29, 1.82) is 0 Å². The van der Waals surface area contributed by atoms with E-state index in [4.69, 9.17) is 4.74 Å². The van der Waals surface area contributed by atoms with E-state index >= 15 is 0 Å². The van der Waals surface area contributed by atoms with Crippen LogP contribution in [0.25, 0.3) is 10.1 Å². The van der Waals surface area contributed by atoms with Crippen LogP contribution in [0.3, 0.4) is 0 Å². The number of methoxy groups -OCH3 is 1. The van der Waals surface area contributed by atoms with Gasteiger partial charge in [-0.1, -0.05) is 37.8 Å². The van der Waals surface area contributed by atoms with Gasteiger partial charge >= 0.3 is 0 Å². The van der Waals surface area contributed by atoms with Gasteiger partial charge in [-0.2, -0.15) is 0 Å². The Balaban J connectivity index is 1.49. The predicted molar refractivity (Wildman–Crippen MR) is 152 cm³/mol. The van der Waals surface area contributed by atoms with E-state index in [1.54, 1.807) is 37.6 Å². The molecule has 0 aliphatic carbocycles. The molecule has 1 aliphatic heterocycles. The molecule has 0 radical (unpaired) electrons. The summed E-state index contributed by atoms with van der Waals surface area (Å²) in [7, 11) is 3.22. The zero-order valence-corrected chi connectivity index (χ0v) is 22.5. The van der Waals surface area contributed by atoms with Crippen molar-refractivity contribution in [1.82, 2.24) is 10.2 Å². The van der Waals surface area contributed by atoms with E-state index in [0.717, 1.165) is 36.6 Å². The number of thiophene rings is 1. The number of benzene rings is 2. The minimum atomic E-state index is -0.142. The molecule has 0 saturated carbocycles. The maximum absolute atomic E-state index is 11.9. The van der Waals surface area contributed by atoms with E-state index in [1.165, 1.54) is 34.2 Å². The molecule has 3 N–H and O–H groups in total. The number of hydrogen-bond donors (Lipinski definition) is 3. The molecule has 1 aliphatic rings. The molecule has 36 heavy (non-hydrogen) atoms. The van der Waals surface area contributed by atoms with Gasteiger partial charge in [-0.3, -0.25) is 4.79 Å². The molecule has 3 aromatic rings. The summed E-state index contributed by atoms with van der Waals surface area (Å²) < 4.78 is 6.76. The SMILES string of the molecule is CCc1c(C#CCNc2ccc(C(=O)NC)cc2OC)sc2c(NC3CCN(CC)CC3)cccc12. The fourth-order valence-electron chi connectivity index (χ4n) is 4.74. The van der Waals surface area contributed by atoms with Crippen molar-refractivity contribution in [3.05, 3.63) is 52.4 Å². The van der Waals surface area contributed by atoms with Crippen molar-refractivity contribution in [2.75, 3.05) is 51.0 Å². The highest BCUT2D eigenvalue weighted by atomic mass is 32.1. The van der Waals surface area contributed by atoms with E-state index in [9.17, 15) is 4.79 Å². The molecule has 2 heterocycles. The van der Waals surface area contributed by atoms with Gasteiger partial charge in [-0.15, -0.1) is 11.3 Å². The topological polar surface area (TPSA) is 65.6 Å². The number of carbonyl (C=O) groups is 1. The Hall–Kier alpha value is -3.21. The van der Waals surface area contributed by atoms with Crippen molar-refractivity contribution in [2.24, 2.45) is 0 Å². The van der Waals surface area contributed by atoms with Gasteiger partial charge in [0.2, 0.25) is 0 Å². The minimum absolute atomic E-state index is 0.142. The van der Waals surface area contributed by atoms with E-state index in [1.807, 2.05) is 6.07 Å². The number of rotatable bonds is 8. The second-order valence-electron chi connectivity index (χ2n) is 8.95. The van der Waals surface area contributed by atoms with Crippen LogP contribution in [-0.4, -0.2) is 57.2 Å². The Morgan fingerprint density at radius 3 is 2.67 bits per heavy atom. The number of fused-ring (bicyclic) bond motifs is 1. The highest BCUT2D eigenvalue weighted by Crippen LogP contribution is 2.37. The van der Waals surface area contributed by atoms with Crippen molar-refractivity contribution in [2.45, 2.75) is 39.2 Å². The fraction of sp³-hybridized carbons (Fsp3) is 0.414. The standard InChI is InChI=1S/C29H36N4O2S/c1-5-22-23-9-7-10-25(32-21-14-17-33(6-2)18-15-21)28(23)36-27(22)11-8-16-31-24-13-12-20(29(34)30-3)19-26(24)35-4/h7,9-10,12-13,19,21,31-32H,5-6,14-18H2,1-4H3,(H,30,34). The number of carbonyl (C=O) groups excluding carboxylic acids is 1. The average Bonchev–Trinajstić information content (AvgIpc) is 3.29. The van der Waals surface area contributed by atoms with Gasteiger partial charge in [0.25, 0.3) is 5.91 Å². The number of likely N-dealkylation sites (tertiary alicyclic amines) is 1. The van der Waals surface area contributed by atoms with E-state index in [-0.39, 0.29) is 5.91 Å².